The number of benzene rings is 2. The van der Waals surface area contributed by atoms with Crippen molar-refractivity contribution in [1.29, 1.82) is 0 Å². The highest BCUT2D eigenvalue weighted by atomic mass is 32.1. The van der Waals surface area contributed by atoms with Gasteiger partial charge in [-0.2, -0.15) is 0 Å². The van der Waals surface area contributed by atoms with Gasteiger partial charge in [0.2, 0.25) is 5.95 Å². The minimum Gasteiger partial charge on any atom is -0.352 e. The summed E-state index contributed by atoms with van der Waals surface area (Å²) >= 11 is 1.72. The number of amides is 2. The van der Waals surface area contributed by atoms with Crippen LogP contribution in [0.4, 0.5) is 10.7 Å². The first-order valence-electron chi connectivity index (χ1n) is 10.6. The fourth-order valence-corrected chi connectivity index (χ4v) is 4.75. The average molecular weight is 442 g/mol. The zero-order chi connectivity index (χ0) is 21.8. The van der Waals surface area contributed by atoms with Crippen LogP contribution in [0.3, 0.4) is 0 Å². The van der Waals surface area contributed by atoms with Gasteiger partial charge in [0.05, 0.1) is 10.6 Å². The molecule has 1 fully saturated rings. The van der Waals surface area contributed by atoms with Crippen molar-refractivity contribution >= 4 is 23.3 Å². The molecule has 6 nitrogen and oxygen atoms in total. The van der Waals surface area contributed by atoms with Gasteiger partial charge in [-0.3, -0.25) is 0 Å². The minimum absolute atomic E-state index is 0.0140. The van der Waals surface area contributed by atoms with E-state index in [9.17, 15) is 4.79 Å². The number of rotatable bonds is 7. The predicted molar refractivity (Wildman–Crippen MR) is 130 cm³/mol. The Hall–Kier alpha value is -3.71. The number of anilines is 1. The number of hydrogen-bond donors (Lipinski definition) is 2. The Labute approximate surface area is 191 Å². The van der Waals surface area contributed by atoms with Gasteiger partial charge in [0, 0.05) is 42.8 Å². The van der Waals surface area contributed by atoms with Gasteiger partial charge in [0.1, 0.15) is 0 Å². The molecule has 2 amide bonds. The van der Waals surface area contributed by atoms with Crippen molar-refractivity contribution in [1.82, 2.24) is 20.2 Å². The second-order valence-corrected chi connectivity index (χ2v) is 8.58. The fraction of sp³-hybridized carbons (Fsp3) is 0.160. The van der Waals surface area contributed by atoms with E-state index < -0.39 is 0 Å². The average Bonchev–Trinajstić information content (AvgIpc) is 3.50. The molecule has 0 bridgehead atoms. The van der Waals surface area contributed by atoms with Gasteiger partial charge >= 0.3 is 6.03 Å². The molecule has 1 aliphatic heterocycles. The maximum Gasteiger partial charge on any atom is 0.317 e. The van der Waals surface area contributed by atoms with Crippen molar-refractivity contribution in [2.75, 3.05) is 31.5 Å². The van der Waals surface area contributed by atoms with Crippen LogP contribution in [0, 0.1) is 0 Å². The highest BCUT2D eigenvalue weighted by Crippen LogP contribution is 2.38. The van der Waals surface area contributed by atoms with Gasteiger partial charge in [-0.05, 0) is 23.3 Å². The summed E-state index contributed by atoms with van der Waals surface area (Å²) in [6.07, 6.45) is 1.88. The Kier molecular flexibility index (Phi) is 5.81. The first-order chi connectivity index (χ1) is 15.8. The Morgan fingerprint density at radius 2 is 1.66 bits per heavy atom. The summed E-state index contributed by atoms with van der Waals surface area (Å²) < 4.78 is 0. The van der Waals surface area contributed by atoms with Crippen LogP contribution < -0.4 is 10.6 Å². The number of hydrogen-bond acceptors (Lipinski definition) is 5. The number of urea groups is 1. The van der Waals surface area contributed by atoms with Crippen molar-refractivity contribution in [2.45, 2.75) is 0 Å². The molecule has 2 aromatic carbocycles. The lowest BCUT2D eigenvalue weighted by molar-refractivity contribution is 0.219. The van der Waals surface area contributed by atoms with Crippen LogP contribution in [-0.4, -0.2) is 47.1 Å². The summed E-state index contributed by atoms with van der Waals surface area (Å²) in [6, 6.07) is 24.8. The zero-order valence-electron chi connectivity index (χ0n) is 17.5. The molecule has 2 N–H and O–H groups in total. The topological polar surface area (TPSA) is 70.2 Å². The standard InChI is InChI=1S/C25H23N5OS/c31-25-27-14-16-30(25)15-13-26-24-28-17-20(18-7-3-1-4-8-18)23(29-24)22-12-11-21(32-22)19-9-5-2-6-10-19/h1-12,17H,13-16H2,(H,27,31)(H,26,28,29). The summed E-state index contributed by atoms with van der Waals surface area (Å²) in [6.45, 7) is 2.64. The first kappa shape index (κ1) is 20.2. The maximum absolute atomic E-state index is 11.7. The molecule has 5 rings (SSSR count). The zero-order valence-corrected chi connectivity index (χ0v) is 18.3. The van der Waals surface area contributed by atoms with E-state index in [2.05, 4.69) is 64.1 Å². The van der Waals surface area contributed by atoms with Crippen LogP contribution in [0.2, 0.25) is 0 Å². The smallest absolute Gasteiger partial charge is 0.317 e. The van der Waals surface area contributed by atoms with E-state index in [1.165, 1.54) is 10.4 Å². The highest BCUT2D eigenvalue weighted by molar-refractivity contribution is 7.18. The Morgan fingerprint density at radius 1 is 0.938 bits per heavy atom. The van der Waals surface area contributed by atoms with Gasteiger partial charge in [-0.25, -0.2) is 14.8 Å². The highest BCUT2D eigenvalue weighted by Gasteiger charge is 2.19. The Balaban J connectivity index is 1.44. The summed E-state index contributed by atoms with van der Waals surface area (Å²) in [7, 11) is 0. The van der Waals surface area contributed by atoms with Gasteiger partial charge in [0.15, 0.2) is 0 Å². The van der Waals surface area contributed by atoms with Crippen molar-refractivity contribution in [3.8, 4) is 32.1 Å². The van der Waals surface area contributed by atoms with Crippen LogP contribution in [-0.2, 0) is 0 Å². The number of carbonyl (C=O) groups excluding carboxylic acids is 1. The molecular formula is C25H23N5OS. The number of nitrogens with zero attached hydrogens (tertiary/aromatic N) is 3. The molecule has 32 heavy (non-hydrogen) atoms. The second kappa shape index (κ2) is 9.20. The normalized spacial score (nSPS) is 13.2. The lowest BCUT2D eigenvalue weighted by Crippen LogP contribution is -2.32. The van der Waals surface area contributed by atoms with Crippen LogP contribution in [0.15, 0.2) is 79.0 Å². The first-order valence-corrected chi connectivity index (χ1v) is 11.4. The van der Waals surface area contributed by atoms with E-state index in [0.29, 0.717) is 25.6 Å². The van der Waals surface area contributed by atoms with Crippen molar-refractivity contribution in [3.63, 3.8) is 0 Å². The molecule has 160 valence electrons. The predicted octanol–water partition coefficient (Wildman–Crippen LogP) is 4.98. The van der Waals surface area contributed by atoms with Gasteiger partial charge in [0.25, 0.3) is 0 Å². The van der Waals surface area contributed by atoms with Crippen molar-refractivity contribution < 1.29 is 4.79 Å². The molecule has 1 saturated heterocycles. The molecule has 3 heterocycles. The van der Waals surface area contributed by atoms with Gasteiger partial charge in [-0.1, -0.05) is 60.7 Å². The van der Waals surface area contributed by atoms with Crippen molar-refractivity contribution in [2.24, 2.45) is 0 Å². The van der Waals surface area contributed by atoms with E-state index in [4.69, 9.17) is 4.98 Å². The molecule has 0 atom stereocenters. The van der Waals surface area contributed by atoms with E-state index in [1.807, 2.05) is 30.5 Å². The third-order valence-corrected chi connectivity index (χ3v) is 6.52. The quantitative estimate of drug-likeness (QED) is 0.425. The van der Waals surface area contributed by atoms with E-state index in [-0.39, 0.29) is 6.03 Å². The lowest BCUT2D eigenvalue weighted by atomic mass is 10.1. The molecule has 0 aliphatic carbocycles. The lowest BCUT2D eigenvalue weighted by Gasteiger charge is -2.15. The molecular weight excluding hydrogens is 418 g/mol. The fourth-order valence-electron chi connectivity index (χ4n) is 3.73. The van der Waals surface area contributed by atoms with E-state index in [1.54, 1.807) is 16.2 Å². The van der Waals surface area contributed by atoms with Crippen LogP contribution in [0.5, 0.6) is 0 Å². The molecule has 1 aliphatic rings. The monoisotopic (exact) mass is 441 g/mol. The molecule has 2 aromatic heterocycles. The van der Waals surface area contributed by atoms with Crippen LogP contribution >= 0.6 is 11.3 Å². The third-order valence-electron chi connectivity index (χ3n) is 5.38. The summed E-state index contributed by atoms with van der Waals surface area (Å²) in [5, 5.41) is 6.10. The largest absolute Gasteiger partial charge is 0.352 e. The Bertz CT molecular complexity index is 1210. The summed E-state index contributed by atoms with van der Waals surface area (Å²) in [5.74, 6) is 0.564. The van der Waals surface area contributed by atoms with Crippen LogP contribution in [0.1, 0.15) is 0 Å². The van der Waals surface area contributed by atoms with E-state index >= 15 is 0 Å². The molecule has 7 heteroatoms. The third kappa shape index (κ3) is 4.33. The molecule has 4 aromatic rings. The van der Waals surface area contributed by atoms with Crippen molar-refractivity contribution in [3.05, 3.63) is 79.0 Å². The van der Waals surface area contributed by atoms with Gasteiger partial charge in [-0.15, -0.1) is 11.3 Å². The summed E-state index contributed by atoms with van der Waals surface area (Å²) in [4.78, 5) is 25.2. The second-order valence-electron chi connectivity index (χ2n) is 7.50. The maximum atomic E-state index is 11.7. The summed E-state index contributed by atoms with van der Waals surface area (Å²) in [5.41, 5.74) is 4.18. The molecule has 0 unspecified atom stereocenters. The molecule has 0 saturated carbocycles. The number of aromatic nitrogens is 2. The molecule has 0 spiro atoms. The van der Waals surface area contributed by atoms with Crippen LogP contribution in [0.25, 0.3) is 32.1 Å². The number of thiophene rings is 1. The SMILES string of the molecule is O=C1NCCN1CCNc1ncc(-c2ccccc2)c(-c2ccc(-c3ccccc3)s2)n1. The van der Waals surface area contributed by atoms with E-state index in [0.717, 1.165) is 28.2 Å². The minimum atomic E-state index is -0.0140. The number of carbonyl (C=O) groups is 1. The Morgan fingerprint density at radius 3 is 2.38 bits per heavy atom. The molecule has 0 radical (unpaired) electrons. The van der Waals surface area contributed by atoms with Gasteiger partial charge < -0.3 is 15.5 Å². The number of nitrogens with one attached hydrogen (secondary N) is 2.